The largest absolute Gasteiger partial charge is 0.348 e. The number of benzene rings is 1. The van der Waals surface area contributed by atoms with Crippen LogP contribution in [0.2, 0.25) is 0 Å². The van der Waals surface area contributed by atoms with Gasteiger partial charge >= 0.3 is 0 Å². The van der Waals surface area contributed by atoms with E-state index in [2.05, 4.69) is 17.1 Å². The zero-order valence-corrected chi connectivity index (χ0v) is 14.5. The molecule has 2 aromatic rings. The van der Waals surface area contributed by atoms with Crippen LogP contribution in [0.25, 0.3) is 10.1 Å². The first kappa shape index (κ1) is 16.4. The first-order chi connectivity index (χ1) is 11.0. The third-order valence-corrected chi connectivity index (χ3v) is 5.73. The fourth-order valence-corrected chi connectivity index (χ4v) is 4.37. The molecule has 1 amide bonds. The van der Waals surface area contributed by atoms with Crippen LogP contribution in [0, 0.1) is 12.7 Å². The zero-order chi connectivity index (χ0) is 16.4. The predicted molar refractivity (Wildman–Crippen MR) is 93.7 cm³/mol. The number of halogens is 1. The van der Waals surface area contributed by atoms with Gasteiger partial charge in [0.2, 0.25) is 0 Å². The number of rotatable bonds is 4. The SMILES string of the molecule is Cc1c(C(=O)NC(C)CN2CCCCC2)sc2ccc(F)cc12. The number of hydrogen-bond acceptors (Lipinski definition) is 3. The zero-order valence-electron chi connectivity index (χ0n) is 13.7. The van der Waals surface area contributed by atoms with E-state index in [0.717, 1.165) is 35.3 Å². The Morgan fingerprint density at radius 1 is 1.35 bits per heavy atom. The molecule has 1 fully saturated rings. The van der Waals surface area contributed by atoms with Crippen molar-refractivity contribution in [1.29, 1.82) is 0 Å². The minimum absolute atomic E-state index is 0.0476. The Balaban J connectivity index is 1.69. The molecule has 0 aliphatic carbocycles. The number of carbonyl (C=O) groups is 1. The second-order valence-electron chi connectivity index (χ2n) is 6.43. The van der Waals surface area contributed by atoms with Gasteiger partial charge in [0, 0.05) is 17.3 Å². The smallest absolute Gasteiger partial charge is 0.261 e. The van der Waals surface area contributed by atoms with Crippen LogP contribution in [0.5, 0.6) is 0 Å². The summed E-state index contributed by atoms with van der Waals surface area (Å²) in [5.74, 6) is -0.308. The van der Waals surface area contributed by atoms with Crippen molar-refractivity contribution < 1.29 is 9.18 Å². The van der Waals surface area contributed by atoms with Gasteiger partial charge in [0.1, 0.15) is 5.82 Å². The van der Waals surface area contributed by atoms with Crippen molar-refractivity contribution in [1.82, 2.24) is 10.2 Å². The molecule has 23 heavy (non-hydrogen) atoms. The average Bonchev–Trinajstić information content (AvgIpc) is 2.85. The van der Waals surface area contributed by atoms with Crippen LogP contribution >= 0.6 is 11.3 Å². The first-order valence-electron chi connectivity index (χ1n) is 8.26. The summed E-state index contributed by atoms with van der Waals surface area (Å²) < 4.78 is 14.4. The molecule has 0 saturated carbocycles. The van der Waals surface area contributed by atoms with Gasteiger partial charge in [-0.25, -0.2) is 4.39 Å². The van der Waals surface area contributed by atoms with Crippen molar-refractivity contribution >= 4 is 27.3 Å². The maximum absolute atomic E-state index is 13.4. The third kappa shape index (κ3) is 3.72. The summed E-state index contributed by atoms with van der Waals surface area (Å²) in [7, 11) is 0. The molecule has 0 spiro atoms. The number of fused-ring (bicyclic) bond motifs is 1. The van der Waals surface area contributed by atoms with Crippen LogP contribution < -0.4 is 5.32 Å². The van der Waals surface area contributed by atoms with E-state index >= 15 is 0 Å². The number of thiophene rings is 1. The lowest BCUT2D eigenvalue weighted by Gasteiger charge is -2.29. The van der Waals surface area contributed by atoms with Crippen LogP contribution in [0.1, 0.15) is 41.4 Å². The van der Waals surface area contributed by atoms with Gasteiger partial charge in [0.25, 0.3) is 5.91 Å². The van der Waals surface area contributed by atoms with E-state index in [9.17, 15) is 9.18 Å². The molecule has 0 bridgehead atoms. The molecular formula is C18H23FN2OS. The van der Waals surface area contributed by atoms with Crippen molar-refractivity contribution in [2.24, 2.45) is 0 Å². The Kier molecular flexibility index (Phi) is 4.97. The molecule has 1 N–H and O–H groups in total. The van der Waals surface area contributed by atoms with Gasteiger partial charge in [-0.2, -0.15) is 0 Å². The van der Waals surface area contributed by atoms with E-state index in [1.807, 2.05) is 6.92 Å². The second-order valence-corrected chi connectivity index (χ2v) is 7.48. The molecule has 1 unspecified atom stereocenters. The lowest BCUT2D eigenvalue weighted by Crippen LogP contribution is -2.43. The van der Waals surface area contributed by atoms with Crippen molar-refractivity contribution in [2.75, 3.05) is 19.6 Å². The molecule has 1 aromatic carbocycles. The van der Waals surface area contributed by atoms with Gasteiger partial charge in [-0.15, -0.1) is 11.3 Å². The van der Waals surface area contributed by atoms with Gasteiger partial charge in [-0.1, -0.05) is 6.42 Å². The monoisotopic (exact) mass is 334 g/mol. The molecule has 5 heteroatoms. The summed E-state index contributed by atoms with van der Waals surface area (Å²) in [5, 5.41) is 3.93. The predicted octanol–water partition coefficient (Wildman–Crippen LogP) is 3.95. The summed E-state index contributed by atoms with van der Waals surface area (Å²) in [6.45, 7) is 7.09. The number of hydrogen-bond donors (Lipinski definition) is 1. The highest BCUT2D eigenvalue weighted by atomic mass is 32.1. The van der Waals surface area contributed by atoms with Gasteiger partial charge in [0.05, 0.1) is 4.88 Å². The highest BCUT2D eigenvalue weighted by Crippen LogP contribution is 2.31. The van der Waals surface area contributed by atoms with Crippen LogP contribution in [0.3, 0.4) is 0 Å². The van der Waals surface area contributed by atoms with Gasteiger partial charge in [-0.3, -0.25) is 4.79 Å². The Hall–Kier alpha value is -1.46. The van der Waals surface area contributed by atoms with Gasteiger partial charge in [-0.05, 0) is 68.9 Å². The normalized spacial score (nSPS) is 17.3. The maximum Gasteiger partial charge on any atom is 0.261 e. The number of nitrogens with one attached hydrogen (secondary N) is 1. The molecule has 0 radical (unpaired) electrons. The Bertz CT molecular complexity index is 706. The molecule has 3 rings (SSSR count). The quantitative estimate of drug-likeness (QED) is 0.918. The molecule has 1 aliphatic rings. The average molecular weight is 334 g/mol. The van der Waals surface area contributed by atoms with Crippen molar-refractivity contribution in [3.05, 3.63) is 34.5 Å². The lowest BCUT2D eigenvalue weighted by molar-refractivity contribution is 0.0929. The molecular weight excluding hydrogens is 311 g/mol. The highest BCUT2D eigenvalue weighted by Gasteiger charge is 2.19. The molecule has 2 heterocycles. The molecule has 124 valence electrons. The fraction of sp³-hybridized carbons (Fsp3) is 0.500. The van der Waals surface area contributed by atoms with E-state index < -0.39 is 0 Å². The number of piperidine rings is 1. The number of carbonyl (C=O) groups excluding carboxylic acids is 1. The Labute approximate surface area is 140 Å². The fourth-order valence-electron chi connectivity index (χ4n) is 3.27. The molecule has 1 aromatic heterocycles. The number of nitrogens with zero attached hydrogens (tertiary/aromatic N) is 1. The molecule has 1 saturated heterocycles. The third-order valence-electron chi connectivity index (χ3n) is 4.46. The summed E-state index contributed by atoms with van der Waals surface area (Å²) >= 11 is 1.44. The standard InChI is InChI=1S/C18H23FN2OS/c1-12(11-21-8-4-3-5-9-21)20-18(22)17-13(2)15-10-14(19)6-7-16(15)23-17/h6-7,10,12H,3-5,8-9,11H2,1-2H3,(H,20,22). The Morgan fingerprint density at radius 2 is 2.09 bits per heavy atom. The minimum Gasteiger partial charge on any atom is -0.348 e. The number of aryl methyl sites for hydroxylation is 1. The summed E-state index contributed by atoms with van der Waals surface area (Å²) in [4.78, 5) is 15.7. The Morgan fingerprint density at radius 3 is 2.83 bits per heavy atom. The van der Waals surface area contributed by atoms with Gasteiger partial charge < -0.3 is 10.2 Å². The minimum atomic E-state index is -0.260. The van der Waals surface area contributed by atoms with Crippen LogP contribution in [0.15, 0.2) is 18.2 Å². The van der Waals surface area contributed by atoms with E-state index in [1.165, 1.54) is 42.7 Å². The van der Waals surface area contributed by atoms with E-state index in [0.29, 0.717) is 4.88 Å². The van der Waals surface area contributed by atoms with Gasteiger partial charge in [0.15, 0.2) is 0 Å². The van der Waals surface area contributed by atoms with Crippen molar-refractivity contribution in [2.45, 2.75) is 39.2 Å². The van der Waals surface area contributed by atoms with Crippen molar-refractivity contribution in [3.63, 3.8) is 0 Å². The maximum atomic E-state index is 13.4. The molecule has 1 atom stereocenters. The van der Waals surface area contributed by atoms with Crippen molar-refractivity contribution in [3.8, 4) is 0 Å². The summed E-state index contributed by atoms with van der Waals surface area (Å²) in [6, 6.07) is 4.81. The summed E-state index contributed by atoms with van der Waals surface area (Å²) in [5.41, 5.74) is 0.868. The van der Waals surface area contributed by atoms with Crippen LogP contribution in [-0.2, 0) is 0 Å². The second kappa shape index (κ2) is 6.97. The van der Waals surface area contributed by atoms with Crippen LogP contribution in [0.4, 0.5) is 4.39 Å². The summed E-state index contributed by atoms with van der Waals surface area (Å²) in [6.07, 6.45) is 3.82. The first-order valence-corrected chi connectivity index (χ1v) is 9.08. The van der Waals surface area contributed by atoms with E-state index in [-0.39, 0.29) is 17.8 Å². The lowest BCUT2D eigenvalue weighted by atomic mass is 10.1. The van der Waals surface area contributed by atoms with Crippen LogP contribution in [-0.4, -0.2) is 36.5 Å². The number of amides is 1. The number of likely N-dealkylation sites (tertiary alicyclic amines) is 1. The molecule has 3 nitrogen and oxygen atoms in total. The highest BCUT2D eigenvalue weighted by molar-refractivity contribution is 7.21. The molecule has 1 aliphatic heterocycles. The van der Waals surface area contributed by atoms with E-state index in [4.69, 9.17) is 0 Å². The van der Waals surface area contributed by atoms with E-state index in [1.54, 1.807) is 6.07 Å². The topological polar surface area (TPSA) is 32.3 Å².